The molecule has 1 unspecified atom stereocenters. The van der Waals surface area contributed by atoms with Gasteiger partial charge in [0.1, 0.15) is 0 Å². The van der Waals surface area contributed by atoms with Crippen LogP contribution in [0.25, 0.3) is 5.57 Å². The topological polar surface area (TPSA) is 37.3 Å². The zero-order valence-corrected chi connectivity index (χ0v) is 11.8. The molecule has 0 saturated heterocycles. The van der Waals surface area contributed by atoms with Crippen molar-refractivity contribution < 1.29 is 9.90 Å². The van der Waals surface area contributed by atoms with Crippen LogP contribution in [-0.4, -0.2) is 11.1 Å². The van der Waals surface area contributed by atoms with Gasteiger partial charge in [0.15, 0.2) is 0 Å². The van der Waals surface area contributed by atoms with E-state index in [4.69, 9.17) is 5.11 Å². The lowest BCUT2D eigenvalue weighted by Gasteiger charge is -2.20. The second kappa shape index (κ2) is 6.71. The number of carboxylic acids is 1. The number of hydrogen-bond donors (Lipinski definition) is 1. The van der Waals surface area contributed by atoms with E-state index in [9.17, 15) is 4.79 Å². The largest absolute Gasteiger partial charge is 0.478 e. The Bertz CT molecular complexity index is 642. The summed E-state index contributed by atoms with van der Waals surface area (Å²) in [5.74, 6) is -1.05. The third-order valence-corrected chi connectivity index (χ3v) is 3.52. The van der Waals surface area contributed by atoms with E-state index in [2.05, 4.69) is 13.2 Å². The van der Waals surface area contributed by atoms with Gasteiger partial charge in [-0.25, -0.2) is 4.79 Å². The highest BCUT2D eigenvalue weighted by molar-refractivity contribution is 5.86. The van der Waals surface area contributed by atoms with Crippen LogP contribution in [-0.2, 0) is 4.79 Å². The van der Waals surface area contributed by atoms with Crippen LogP contribution >= 0.6 is 0 Å². The van der Waals surface area contributed by atoms with Crippen LogP contribution in [0.1, 0.15) is 23.5 Å². The molecule has 0 heterocycles. The summed E-state index contributed by atoms with van der Waals surface area (Å²) in [6.07, 6.45) is 0.354. The molecule has 1 atom stereocenters. The summed E-state index contributed by atoms with van der Waals surface area (Å²) < 4.78 is 0. The van der Waals surface area contributed by atoms with Gasteiger partial charge in [0.05, 0.1) is 0 Å². The summed E-state index contributed by atoms with van der Waals surface area (Å²) in [5, 5.41) is 9.10. The van der Waals surface area contributed by atoms with Crippen LogP contribution in [0.3, 0.4) is 0 Å². The molecule has 0 fully saturated rings. The van der Waals surface area contributed by atoms with Gasteiger partial charge >= 0.3 is 5.97 Å². The minimum absolute atomic E-state index is 0.0859. The van der Waals surface area contributed by atoms with E-state index in [0.29, 0.717) is 6.42 Å². The van der Waals surface area contributed by atoms with Gasteiger partial charge in [-0.3, -0.25) is 0 Å². The predicted molar refractivity (Wildman–Crippen MR) is 86.1 cm³/mol. The minimum Gasteiger partial charge on any atom is -0.478 e. The highest BCUT2D eigenvalue weighted by atomic mass is 16.4. The molecule has 1 N–H and O–H groups in total. The minimum atomic E-state index is -0.961. The number of carboxylic acid groups (broad SMARTS) is 1. The Labute approximate surface area is 125 Å². The Morgan fingerprint density at radius 2 is 1.48 bits per heavy atom. The van der Waals surface area contributed by atoms with Gasteiger partial charge in [-0.1, -0.05) is 73.8 Å². The first kappa shape index (κ1) is 14.8. The Morgan fingerprint density at radius 1 is 0.952 bits per heavy atom. The van der Waals surface area contributed by atoms with E-state index >= 15 is 0 Å². The number of carbonyl (C=O) groups is 1. The van der Waals surface area contributed by atoms with Gasteiger partial charge < -0.3 is 5.11 Å². The first-order chi connectivity index (χ1) is 10.1. The Hall–Kier alpha value is -2.61. The number of hydrogen-bond acceptors (Lipinski definition) is 1. The third kappa shape index (κ3) is 3.69. The highest BCUT2D eigenvalue weighted by Crippen LogP contribution is 2.35. The molecule has 2 aromatic rings. The zero-order chi connectivity index (χ0) is 15.2. The smallest absolute Gasteiger partial charge is 0.330 e. The van der Waals surface area contributed by atoms with Crippen molar-refractivity contribution in [3.63, 3.8) is 0 Å². The molecule has 0 saturated carbocycles. The van der Waals surface area contributed by atoms with Gasteiger partial charge in [0, 0.05) is 11.5 Å². The summed E-state index contributed by atoms with van der Waals surface area (Å²) in [4.78, 5) is 11.1. The highest BCUT2D eigenvalue weighted by Gasteiger charge is 2.20. The van der Waals surface area contributed by atoms with Crippen LogP contribution in [0.2, 0.25) is 0 Å². The van der Waals surface area contributed by atoms with Gasteiger partial charge in [0.2, 0.25) is 0 Å². The molecular formula is C19H18O2. The van der Waals surface area contributed by atoms with Crippen molar-refractivity contribution in [1.82, 2.24) is 0 Å². The quantitative estimate of drug-likeness (QED) is 0.789. The van der Waals surface area contributed by atoms with Crippen LogP contribution in [0, 0.1) is 0 Å². The molecule has 0 aliphatic rings. The summed E-state index contributed by atoms with van der Waals surface area (Å²) in [6, 6.07) is 19.7. The van der Waals surface area contributed by atoms with Crippen molar-refractivity contribution in [3.05, 3.63) is 90.5 Å². The maximum Gasteiger partial charge on any atom is 0.330 e. The lowest BCUT2D eigenvalue weighted by atomic mass is 9.83. The number of benzene rings is 2. The lowest BCUT2D eigenvalue weighted by molar-refractivity contribution is -0.132. The molecule has 2 heteroatoms. The maximum absolute atomic E-state index is 11.1. The van der Waals surface area contributed by atoms with E-state index in [1.807, 2.05) is 60.7 Å². The van der Waals surface area contributed by atoms with E-state index in [1.165, 1.54) is 0 Å². The van der Waals surface area contributed by atoms with Crippen LogP contribution in [0.4, 0.5) is 0 Å². The average Bonchev–Trinajstić information content (AvgIpc) is 2.53. The second-order valence-corrected chi connectivity index (χ2v) is 4.97. The maximum atomic E-state index is 11.1. The van der Waals surface area contributed by atoms with Gasteiger partial charge in [-0.05, 0) is 23.1 Å². The molecule has 0 amide bonds. The molecule has 0 bridgehead atoms. The van der Waals surface area contributed by atoms with Crippen molar-refractivity contribution in [2.45, 2.75) is 12.3 Å². The molecule has 2 nitrogen and oxygen atoms in total. The molecule has 2 aromatic carbocycles. The molecule has 0 aliphatic heterocycles. The van der Waals surface area contributed by atoms with Crippen molar-refractivity contribution in [3.8, 4) is 0 Å². The first-order valence-electron chi connectivity index (χ1n) is 6.80. The SMILES string of the molecule is C=C(CC(C(=C)c1ccccc1)c1ccccc1)C(=O)O. The Kier molecular flexibility index (Phi) is 4.72. The summed E-state index contributed by atoms with van der Waals surface area (Å²) >= 11 is 0. The van der Waals surface area contributed by atoms with Gasteiger partial charge in [-0.15, -0.1) is 0 Å². The molecule has 0 aromatic heterocycles. The molecular weight excluding hydrogens is 260 g/mol. The van der Waals surface area contributed by atoms with E-state index in [1.54, 1.807) is 0 Å². The van der Waals surface area contributed by atoms with Gasteiger partial charge in [0.25, 0.3) is 0 Å². The number of aliphatic carboxylic acids is 1. The fraction of sp³-hybridized carbons (Fsp3) is 0.105. The van der Waals surface area contributed by atoms with Crippen LogP contribution in [0.15, 0.2) is 79.4 Å². The van der Waals surface area contributed by atoms with Gasteiger partial charge in [-0.2, -0.15) is 0 Å². The fourth-order valence-corrected chi connectivity index (χ4v) is 2.31. The second-order valence-electron chi connectivity index (χ2n) is 4.97. The monoisotopic (exact) mass is 278 g/mol. The Balaban J connectivity index is 2.34. The summed E-state index contributed by atoms with van der Waals surface area (Å²) in [7, 11) is 0. The van der Waals surface area contributed by atoms with Crippen molar-refractivity contribution in [1.29, 1.82) is 0 Å². The Morgan fingerprint density at radius 3 is 2.00 bits per heavy atom. The van der Waals surface area contributed by atoms with Crippen molar-refractivity contribution >= 4 is 11.5 Å². The molecule has 2 rings (SSSR count). The molecule has 21 heavy (non-hydrogen) atoms. The standard InChI is InChI=1S/C19H18O2/c1-14(19(20)21)13-18(17-11-7-4-8-12-17)15(2)16-9-5-3-6-10-16/h3-12,18H,1-2,13H2,(H,20,21). The summed E-state index contributed by atoms with van der Waals surface area (Å²) in [5.41, 5.74) is 3.17. The van der Waals surface area contributed by atoms with Crippen LogP contribution < -0.4 is 0 Å². The molecule has 0 aliphatic carbocycles. The molecule has 106 valence electrons. The fourth-order valence-electron chi connectivity index (χ4n) is 2.31. The third-order valence-electron chi connectivity index (χ3n) is 3.52. The summed E-state index contributed by atoms with van der Waals surface area (Å²) in [6.45, 7) is 7.83. The number of rotatable bonds is 6. The lowest BCUT2D eigenvalue weighted by Crippen LogP contribution is -2.08. The van der Waals surface area contributed by atoms with E-state index < -0.39 is 5.97 Å². The van der Waals surface area contributed by atoms with E-state index in [-0.39, 0.29) is 11.5 Å². The normalized spacial score (nSPS) is 11.6. The molecule has 0 spiro atoms. The van der Waals surface area contributed by atoms with Crippen LogP contribution in [0.5, 0.6) is 0 Å². The van der Waals surface area contributed by atoms with E-state index in [0.717, 1.165) is 16.7 Å². The number of allylic oxidation sites excluding steroid dienone is 1. The first-order valence-corrected chi connectivity index (χ1v) is 6.80. The van der Waals surface area contributed by atoms with Crippen molar-refractivity contribution in [2.75, 3.05) is 0 Å². The molecule has 0 radical (unpaired) electrons. The predicted octanol–water partition coefficient (Wildman–Crippen LogP) is 4.51. The average molecular weight is 278 g/mol. The zero-order valence-electron chi connectivity index (χ0n) is 11.8. The van der Waals surface area contributed by atoms with Crippen molar-refractivity contribution in [2.24, 2.45) is 0 Å².